The SMILES string of the molecule is CC(=NNC(=O)c1cccc(O)c1)c1ccc2c3c(cccc13)CC2. The number of nitrogens with one attached hydrogen (secondary N) is 1. The molecule has 0 fully saturated rings. The number of aryl methyl sites for hydroxylation is 2. The zero-order valence-electron chi connectivity index (χ0n) is 13.9. The molecule has 0 saturated carbocycles. The molecular weight excluding hydrogens is 312 g/mol. The maximum absolute atomic E-state index is 12.2. The number of hydrogen-bond acceptors (Lipinski definition) is 3. The van der Waals surface area contributed by atoms with Crippen molar-refractivity contribution in [2.75, 3.05) is 0 Å². The molecule has 0 bridgehead atoms. The fourth-order valence-corrected chi connectivity index (χ4v) is 3.47. The van der Waals surface area contributed by atoms with Crippen molar-refractivity contribution < 1.29 is 9.90 Å². The van der Waals surface area contributed by atoms with Crippen LogP contribution in [0.1, 0.15) is 34.0 Å². The number of rotatable bonds is 3. The largest absolute Gasteiger partial charge is 0.508 e. The van der Waals surface area contributed by atoms with Crippen LogP contribution in [0.4, 0.5) is 0 Å². The van der Waals surface area contributed by atoms with Gasteiger partial charge in [-0.1, -0.05) is 36.4 Å². The second-order valence-electron chi connectivity index (χ2n) is 6.30. The molecule has 0 spiro atoms. The number of phenols is 1. The Bertz CT molecular complexity index is 1010. The van der Waals surface area contributed by atoms with Crippen LogP contribution in [0, 0.1) is 0 Å². The third-order valence-electron chi connectivity index (χ3n) is 4.70. The molecule has 0 heterocycles. The summed E-state index contributed by atoms with van der Waals surface area (Å²) in [4.78, 5) is 12.2. The van der Waals surface area contributed by atoms with Gasteiger partial charge in [0.05, 0.1) is 5.71 Å². The third-order valence-corrected chi connectivity index (χ3v) is 4.70. The number of carbonyl (C=O) groups excluding carboxylic acids is 1. The van der Waals surface area contributed by atoms with Gasteiger partial charge in [-0.25, -0.2) is 5.43 Å². The van der Waals surface area contributed by atoms with E-state index in [1.807, 2.05) is 6.92 Å². The van der Waals surface area contributed by atoms with E-state index in [9.17, 15) is 9.90 Å². The first-order chi connectivity index (χ1) is 12.1. The van der Waals surface area contributed by atoms with Gasteiger partial charge in [-0.3, -0.25) is 4.79 Å². The summed E-state index contributed by atoms with van der Waals surface area (Å²) in [7, 11) is 0. The Kier molecular flexibility index (Phi) is 3.73. The first-order valence-electron chi connectivity index (χ1n) is 8.31. The van der Waals surface area contributed by atoms with Gasteiger partial charge in [0.1, 0.15) is 5.75 Å². The highest BCUT2D eigenvalue weighted by atomic mass is 16.3. The monoisotopic (exact) mass is 330 g/mol. The van der Waals surface area contributed by atoms with Crippen molar-refractivity contribution in [3.63, 3.8) is 0 Å². The molecule has 1 aliphatic rings. The van der Waals surface area contributed by atoms with Crippen molar-refractivity contribution in [3.8, 4) is 5.75 Å². The summed E-state index contributed by atoms with van der Waals surface area (Å²) in [6.45, 7) is 1.89. The fraction of sp³-hybridized carbons (Fsp3) is 0.143. The predicted molar refractivity (Wildman–Crippen MR) is 99.1 cm³/mol. The van der Waals surface area contributed by atoms with E-state index in [0.717, 1.165) is 24.1 Å². The van der Waals surface area contributed by atoms with Gasteiger partial charge in [0.15, 0.2) is 0 Å². The van der Waals surface area contributed by atoms with Gasteiger partial charge < -0.3 is 5.11 Å². The van der Waals surface area contributed by atoms with Crippen LogP contribution in [-0.4, -0.2) is 16.7 Å². The number of amides is 1. The maximum atomic E-state index is 12.2. The molecule has 4 rings (SSSR count). The van der Waals surface area contributed by atoms with E-state index >= 15 is 0 Å². The molecule has 1 aliphatic carbocycles. The van der Waals surface area contributed by atoms with Crippen molar-refractivity contribution in [2.45, 2.75) is 19.8 Å². The number of hydrazone groups is 1. The number of carbonyl (C=O) groups is 1. The Labute approximate surface area is 145 Å². The van der Waals surface area contributed by atoms with Gasteiger partial charge in [0.2, 0.25) is 0 Å². The second kappa shape index (κ2) is 6.06. The van der Waals surface area contributed by atoms with Gasteiger partial charge in [0.25, 0.3) is 5.91 Å². The average Bonchev–Trinajstić information content (AvgIpc) is 3.05. The molecule has 3 aromatic rings. The summed E-state index contributed by atoms with van der Waals surface area (Å²) in [6, 6.07) is 16.8. The zero-order chi connectivity index (χ0) is 17.4. The predicted octanol–water partition coefficient (Wildman–Crippen LogP) is 3.80. The normalized spacial score (nSPS) is 13.2. The molecule has 0 atom stereocenters. The molecular formula is C21H18N2O2. The maximum Gasteiger partial charge on any atom is 0.271 e. The Morgan fingerprint density at radius 2 is 1.80 bits per heavy atom. The van der Waals surface area contributed by atoms with Gasteiger partial charge in [-0.05, 0) is 59.9 Å². The highest BCUT2D eigenvalue weighted by Crippen LogP contribution is 2.32. The first-order valence-corrected chi connectivity index (χ1v) is 8.31. The van der Waals surface area contributed by atoms with E-state index < -0.39 is 0 Å². The minimum Gasteiger partial charge on any atom is -0.508 e. The Morgan fingerprint density at radius 1 is 1.04 bits per heavy atom. The van der Waals surface area contributed by atoms with Crippen LogP contribution in [0.5, 0.6) is 5.75 Å². The standard InChI is InChI=1S/C21H18N2O2/c1-13(22-23-21(25)16-5-2-6-17(24)12-16)18-11-10-15-9-8-14-4-3-7-19(18)20(14)15/h2-7,10-12,24H,8-9H2,1H3,(H,23,25). The Balaban J connectivity index is 1.65. The van der Waals surface area contributed by atoms with Crippen LogP contribution < -0.4 is 5.43 Å². The van der Waals surface area contributed by atoms with Gasteiger partial charge in [-0.2, -0.15) is 5.10 Å². The molecule has 0 radical (unpaired) electrons. The minimum absolute atomic E-state index is 0.0563. The van der Waals surface area contributed by atoms with Crippen LogP contribution in [0.3, 0.4) is 0 Å². The minimum atomic E-state index is -0.346. The second-order valence-corrected chi connectivity index (χ2v) is 6.30. The lowest BCUT2D eigenvalue weighted by atomic mass is 9.98. The lowest BCUT2D eigenvalue weighted by molar-refractivity contribution is 0.0954. The number of nitrogens with zero attached hydrogens (tertiary/aromatic N) is 1. The van der Waals surface area contributed by atoms with E-state index in [1.165, 1.54) is 34.0 Å². The number of phenolic OH excluding ortho intramolecular Hbond substituents is 1. The van der Waals surface area contributed by atoms with Gasteiger partial charge in [0, 0.05) is 11.1 Å². The van der Waals surface area contributed by atoms with Crippen LogP contribution >= 0.6 is 0 Å². The molecule has 25 heavy (non-hydrogen) atoms. The van der Waals surface area contributed by atoms with Crippen molar-refractivity contribution in [2.24, 2.45) is 5.10 Å². The number of benzene rings is 3. The van der Waals surface area contributed by atoms with Crippen molar-refractivity contribution in [3.05, 3.63) is 76.9 Å². The highest BCUT2D eigenvalue weighted by Gasteiger charge is 2.16. The summed E-state index contributed by atoms with van der Waals surface area (Å²) < 4.78 is 0. The van der Waals surface area contributed by atoms with Crippen molar-refractivity contribution >= 4 is 22.4 Å². The zero-order valence-corrected chi connectivity index (χ0v) is 13.9. The van der Waals surface area contributed by atoms with Crippen molar-refractivity contribution in [1.82, 2.24) is 5.43 Å². The molecule has 124 valence electrons. The molecule has 0 saturated heterocycles. The van der Waals surface area contributed by atoms with E-state index in [1.54, 1.807) is 12.1 Å². The molecule has 1 amide bonds. The lowest BCUT2D eigenvalue weighted by Crippen LogP contribution is -2.19. The summed E-state index contributed by atoms with van der Waals surface area (Å²) >= 11 is 0. The quantitative estimate of drug-likeness (QED) is 0.567. The lowest BCUT2D eigenvalue weighted by Gasteiger charge is -2.09. The fourth-order valence-electron chi connectivity index (χ4n) is 3.47. The van der Waals surface area contributed by atoms with E-state index in [2.05, 4.69) is 40.9 Å². The van der Waals surface area contributed by atoms with E-state index in [0.29, 0.717) is 5.56 Å². The van der Waals surface area contributed by atoms with E-state index in [4.69, 9.17) is 0 Å². The van der Waals surface area contributed by atoms with Crippen molar-refractivity contribution in [1.29, 1.82) is 0 Å². The third kappa shape index (κ3) is 2.76. The van der Waals surface area contributed by atoms with E-state index in [-0.39, 0.29) is 11.7 Å². The molecule has 3 aromatic carbocycles. The molecule has 2 N–H and O–H groups in total. The number of hydrogen-bond donors (Lipinski definition) is 2. The summed E-state index contributed by atoms with van der Waals surface area (Å²) in [5.41, 5.74) is 7.49. The summed E-state index contributed by atoms with van der Waals surface area (Å²) in [5.74, 6) is -0.290. The van der Waals surface area contributed by atoms with Crippen LogP contribution in [0.15, 0.2) is 59.7 Å². The smallest absolute Gasteiger partial charge is 0.271 e. The van der Waals surface area contributed by atoms with Crippen LogP contribution in [0.25, 0.3) is 10.8 Å². The molecule has 0 aliphatic heterocycles. The summed E-state index contributed by atoms with van der Waals surface area (Å²) in [6.07, 6.45) is 2.17. The Hall–Kier alpha value is -3.14. The summed E-state index contributed by atoms with van der Waals surface area (Å²) in [5, 5.41) is 16.3. The van der Waals surface area contributed by atoms with Crippen LogP contribution in [-0.2, 0) is 12.8 Å². The molecule has 4 heteroatoms. The highest BCUT2D eigenvalue weighted by molar-refractivity contribution is 6.11. The Morgan fingerprint density at radius 3 is 2.60 bits per heavy atom. The average molecular weight is 330 g/mol. The molecule has 0 aromatic heterocycles. The van der Waals surface area contributed by atoms with Gasteiger partial charge in [-0.15, -0.1) is 0 Å². The molecule has 4 nitrogen and oxygen atoms in total. The number of aromatic hydroxyl groups is 1. The molecule has 0 unspecified atom stereocenters. The van der Waals surface area contributed by atoms with Crippen LogP contribution in [0.2, 0.25) is 0 Å². The van der Waals surface area contributed by atoms with Gasteiger partial charge >= 0.3 is 0 Å². The topological polar surface area (TPSA) is 61.7 Å². The first kappa shape index (κ1) is 15.4.